The fraction of sp³-hybridized carbons (Fsp3) is 0.406. The number of allylic oxidation sites excluding steroid dienone is 6. The van der Waals surface area contributed by atoms with Gasteiger partial charge in [-0.1, -0.05) is 32.1 Å². The van der Waals surface area contributed by atoms with Gasteiger partial charge in [-0.2, -0.15) is 29.8 Å². The number of unbranched alkanes of at least 4 members (excludes halogenated alkanes) is 1. The van der Waals surface area contributed by atoms with E-state index in [0.29, 0.717) is 38.0 Å². The Morgan fingerprint density at radius 1 is 0.787 bits per heavy atom. The fourth-order valence-corrected chi connectivity index (χ4v) is 7.86. The lowest BCUT2D eigenvalue weighted by molar-refractivity contribution is -0.437. The molecule has 2 aromatic rings. The molecule has 2 aliphatic rings. The third kappa shape index (κ3) is 7.94. The van der Waals surface area contributed by atoms with Crippen molar-refractivity contribution in [3.05, 3.63) is 83.6 Å². The van der Waals surface area contributed by atoms with Crippen LogP contribution in [0.1, 0.15) is 58.1 Å². The lowest BCUT2D eigenvalue weighted by Crippen LogP contribution is -2.28. The summed E-state index contributed by atoms with van der Waals surface area (Å²) < 4.78 is 101. The molecule has 0 aliphatic carbocycles. The van der Waals surface area contributed by atoms with Crippen LogP contribution in [0, 0.1) is 0 Å². The highest BCUT2D eigenvalue weighted by Gasteiger charge is 2.45. The Morgan fingerprint density at radius 2 is 1.40 bits per heavy atom. The van der Waals surface area contributed by atoms with E-state index in [1.54, 1.807) is 12.1 Å². The van der Waals surface area contributed by atoms with Crippen molar-refractivity contribution in [3.63, 3.8) is 0 Å². The number of nitrogens with two attached hydrogens (primary N) is 1. The molecule has 0 radical (unpaired) electrons. The normalized spacial score (nSPS) is 18.6. The molecule has 256 valence electrons. The van der Waals surface area contributed by atoms with E-state index in [-0.39, 0.29) is 22.0 Å². The third-order valence-electron chi connectivity index (χ3n) is 8.67. The third-order valence-corrected chi connectivity index (χ3v) is 11.2. The van der Waals surface area contributed by atoms with Gasteiger partial charge in [-0.25, -0.2) is 0 Å². The lowest BCUT2D eigenvalue weighted by Gasteiger charge is -2.27. The van der Waals surface area contributed by atoms with Crippen LogP contribution < -0.4 is 10.6 Å². The van der Waals surface area contributed by atoms with Crippen LogP contribution in [-0.2, 0) is 41.2 Å². The first-order chi connectivity index (χ1) is 21.7. The molecule has 0 bridgehead atoms. The molecule has 0 saturated carbocycles. The number of anilines is 1. The molecule has 2 aromatic carbocycles. The number of benzene rings is 2. The summed E-state index contributed by atoms with van der Waals surface area (Å²) in [4.78, 5) is 1.58. The Labute approximate surface area is 277 Å². The Bertz CT molecular complexity index is 2010. The Hall–Kier alpha value is -3.18. The summed E-state index contributed by atoms with van der Waals surface area (Å²) in [6.45, 7) is 9.29. The minimum atomic E-state index is -4.44. The van der Waals surface area contributed by atoms with Crippen molar-refractivity contribution in [2.45, 2.75) is 67.6 Å². The summed E-state index contributed by atoms with van der Waals surface area (Å²) in [7, 11) is -12.9. The molecule has 12 nitrogen and oxygen atoms in total. The summed E-state index contributed by atoms with van der Waals surface area (Å²) in [5.74, 6) is -0.374. The highest BCUT2D eigenvalue weighted by Crippen LogP contribution is 2.48. The van der Waals surface area contributed by atoms with Crippen molar-refractivity contribution in [2.75, 3.05) is 30.3 Å². The zero-order valence-electron chi connectivity index (χ0n) is 26.8. The average molecular weight is 709 g/mol. The maximum Gasteiger partial charge on any atom is 0.294 e. The quantitative estimate of drug-likeness (QED) is 0.0999. The molecule has 5 N–H and O–H groups in total. The van der Waals surface area contributed by atoms with Crippen LogP contribution in [0.2, 0.25) is 0 Å². The Morgan fingerprint density at radius 3 is 2.00 bits per heavy atom. The number of fused-ring (bicyclic) bond motifs is 2. The van der Waals surface area contributed by atoms with Gasteiger partial charge in [0, 0.05) is 47.5 Å². The van der Waals surface area contributed by atoms with Gasteiger partial charge in [0.2, 0.25) is 5.69 Å². The number of hydrogen-bond donors (Lipinski definition) is 4. The fourth-order valence-electron chi connectivity index (χ4n) is 6.27. The van der Waals surface area contributed by atoms with Gasteiger partial charge >= 0.3 is 0 Å². The maximum absolute atomic E-state index is 11.9. The standard InChI is InChI=1S/C32H41N3O9S3/c1-31(2)25-21-23(46(39,40)41)13-15-27(25)34(18-8-9-20-45(36,37)38)29(31)11-6-5-7-12-30-32(3,4)26-22-24(47(42,43)44)14-16-28(26)35(30)19-10-17-33/h5-7,11-16,21-22H,8-10,17-20,33H2,1-4H3,(H2-,36,37,38,39,40,41,42,43,44)/p+1. The van der Waals surface area contributed by atoms with Crippen LogP contribution in [0.5, 0.6) is 0 Å². The molecule has 47 heavy (non-hydrogen) atoms. The van der Waals surface area contributed by atoms with Gasteiger partial charge in [0.05, 0.1) is 21.0 Å². The number of hydrogen-bond acceptors (Lipinski definition) is 8. The van der Waals surface area contributed by atoms with Gasteiger partial charge in [-0.3, -0.25) is 13.7 Å². The molecular formula is C32H42N3O9S3+. The largest absolute Gasteiger partial charge is 0.344 e. The van der Waals surface area contributed by atoms with Crippen molar-refractivity contribution >= 4 is 47.4 Å². The minimum absolute atomic E-state index is 0.175. The molecule has 4 rings (SSSR count). The van der Waals surface area contributed by atoms with Crippen molar-refractivity contribution < 1.29 is 43.5 Å². The highest BCUT2D eigenvalue weighted by atomic mass is 32.2. The van der Waals surface area contributed by atoms with E-state index in [2.05, 4.69) is 4.58 Å². The van der Waals surface area contributed by atoms with Crippen molar-refractivity contribution in [3.8, 4) is 0 Å². The van der Waals surface area contributed by atoms with Gasteiger partial charge < -0.3 is 10.6 Å². The predicted octanol–water partition coefficient (Wildman–Crippen LogP) is 4.37. The SMILES string of the molecule is CC1(C)C(=CC=CC=CC2=[N+](CCCN)c3ccc(S(=O)(=O)O)cc3C2(C)C)N(CCCCS(=O)(=O)O)c2ccc(S(=O)(=O)O)cc21. The molecule has 0 saturated heterocycles. The zero-order valence-corrected chi connectivity index (χ0v) is 29.2. The van der Waals surface area contributed by atoms with E-state index in [1.807, 2.05) is 63.0 Å². The molecule has 0 amide bonds. The number of rotatable bonds is 13. The predicted molar refractivity (Wildman–Crippen MR) is 181 cm³/mol. The van der Waals surface area contributed by atoms with E-state index >= 15 is 0 Å². The van der Waals surface area contributed by atoms with Gasteiger partial charge in [0.25, 0.3) is 30.4 Å². The van der Waals surface area contributed by atoms with Gasteiger partial charge in [-0.05, 0) is 75.2 Å². The molecule has 2 heterocycles. The van der Waals surface area contributed by atoms with Crippen LogP contribution in [0.3, 0.4) is 0 Å². The van der Waals surface area contributed by atoms with Gasteiger partial charge in [0.15, 0.2) is 12.3 Å². The average Bonchev–Trinajstić information content (AvgIpc) is 3.30. The summed E-state index contributed by atoms with van der Waals surface area (Å²) in [6, 6.07) is 8.96. The maximum atomic E-state index is 11.9. The van der Waals surface area contributed by atoms with Crippen LogP contribution in [-0.4, -0.2) is 74.6 Å². The molecule has 15 heteroatoms. The molecule has 2 aliphatic heterocycles. The highest BCUT2D eigenvalue weighted by molar-refractivity contribution is 7.86. The van der Waals surface area contributed by atoms with Crippen LogP contribution in [0.25, 0.3) is 0 Å². The summed E-state index contributed by atoms with van der Waals surface area (Å²) in [5.41, 5.74) is 9.27. The summed E-state index contributed by atoms with van der Waals surface area (Å²) in [5, 5.41) is 0. The molecule has 0 fully saturated rings. The van der Waals surface area contributed by atoms with Crippen molar-refractivity contribution in [1.82, 2.24) is 0 Å². The first kappa shape index (κ1) is 36.7. The minimum Gasteiger partial charge on any atom is -0.344 e. The van der Waals surface area contributed by atoms with Crippen LogP contribution >= 0.6 is 0 Å². The zero-order chi connectivity index (χ0) is 35.0. The first-order valence-corrected chi connectivity index (χ1v) is 19.6. The van der Waals surface area contributed by atoms with E-state index < -0.39 is 41.2 Å². The molecule has 0 unspecified atom stereocenters. The van der Waals surface area contributed by atoms with Crippen LogP contribution in [0.4, 0.5) is 11.4 Å². The van der Waals surface area contributed by atoms with Crippen LogP contribution in [0.15, 0.2) is 82.3 Å². The number of nitrogens with zero attached hydrogens (tertiary/aromatic N) is 2. The van der Waals surface area contributed by atoms with Crippen molar-refractivity contribution in [1.29, 1.82) is 0 Å². The molecule has 0 spiro atoms. The lowest BCUT2D eigenvalue weighted by atomic mass is 9.81. The van der Waals surface area contributed by atoms with E-state index in [4.69, 9.17) is 10.3 Å². The molecule has 0 aromatic heterocycles. The second-order valence-electron chi connectivity index (χ2n) is 12.7. The van der Waals surface area contributed by atoms with E-state index in [9.17, 15) is 34.4 Å². The monoisotopic (exact) mass is 708 g/mol. The van der Waals surface area contributed by atoms with E-state index in [1.165, 1.54) is 24.3 Å². The first-order valence-electron chi connectivity index (χ1n) is 15.1. The molecule has 0 atom stereocenters. The topological polar surface area (TPSA) is 195 Å². The summed E-state index contributed by atoms with van der Waals surface area (Å²) in [6.07, 6.45) is 10.7. The smallest absolute Gasteiger partial charge is 0.294 e. The Balaban J connectivity index is 1.68. The molecular weight excluding hydrogens is 667 g/mol. The second kappa shape index (κ2) is 13.4. The van der Waals surface area contributed by atoms with Gasteiger partial charge in [0.1, 0.15) is 0 Å². The Kier molecular flexibility index (Phi) is 10.4. The van der Waals surface area contributed by atoms with E-state index in [0.717, 1.165) is 28.3 Å². The second-order valence-corrected chi connectivity index (χ2v) is 17.1. The van der Waals surface area contributed by atoms with Crippen molar-refractivity contribution in [2.24, 2.45) is 5.73 Å². The van der Waals surface area contributed by atoms with Gasteiger partial charge in [-0.15, -0.1) is 0 Å². The summed E-state index contributed by atoms with van der Waals surface area (Å²) >= 11 is 0.